The molecular formula is C14H19N3O3. The first-order chi connectivity index (χ1) is 9.61. The first-order valence-corrected chi connectivity index (χ1v) is 6.61. The minimum absolute atomic E-state index is 0.0385. The van der Waals surface area contributed by atoms with Crippen LogP contribution in [0.3, 0.4) is 0 Å². The maximum atomic E-state index is 12.1. The first kappa shape index (κ1) is 14.3. The van der Waals surface area contributed by atoms with Gasteiger partial charge in [-0.15, -0.1) is 0 Å². The van der Waals surface area contributed by atoms with Crippen LogP contribution in [0.1, 0.15) is 23.2 Å². The number of anilines is 2. The minimum atomic E-state index is -0.453. The summed E-state index contributed by atoms with van der Waals surface area (Å²) in [6, 6.07) is 4.70. The molecule has 1 amide bonds. The molecule has 0 saturated carbocycles. The van der Waals surface area contributed by atoms with Gasteiger partial charge in [0, 0.05) is 6.54 Å². The van der Waals surface area contributed by atoms with E-state index < -0.39 is 5.97 Å². The molecule has 1 saturated heterocycles. The van der Waals surface area contributed by atoms with E-state index in [-0.39, 0.29) is 11.8 Å². The van der Waals surface area contributed by atoms with Crippen LogP contribution in [0.5, 0.6) is 0 Å². The Balaban J connectivity index is 2.05. The van der Waals surface area contributed by atoms with Gasteiger partial charge in [0.05, 0.1) is 30.0 Å². The van der Waals surface area contributed by atoms with Crippen LogP contribution in [0.15, 0.2) is 18.2 Å². The molecule has 20 heavy (non-hydrogen) atoms. The van der Waals surface area contributed by atoms with Crippen molar-refractivity contribution in [1.29, 1.82) is 0 Å². The van der Waals surface area contributed by atoms with Crippen LogP contribution in [-0.4, -0.2) is 32.1 Å². The van der Waals surface area contributed by atoms with Crippen molar-refractivity contribution in [3.05, 3.63) is 23.8 Å². The zero-order valence-electron chi connectivity index (χ0n) is 11.4. The first-order valence-electron chi connectivity index (χ1n) is 6.61. The molecule has 1 aliphatic rings. The van der Waals surface area contributed by atoms with Gasteiger partial charge in [-0.05, 0) is 37.6 Å². The molecule has 1 aromatic carbocycles. The van der Waals surface area contributed by atoms with Crippen molar-refractivity contribution < 1.29 is 14.3 Å². The highest BCUT2D eigenvalue weighted by atomic mass is 16.5. The van der Waals surface area contributed by atoms with Gasteiger partial charge in [-0.2, -0.15) is 0 Å². The zero-order chi connectivity index (χ0) is 14.5. The van der Waals surface area contributed by atoms with Crippen molar-refractivity contribution in [1.82, 2.24) is 5.32 Å². The fourth-order valence-electron chi connectivity index (χ4n) is 2.23. The normalized spacial score (nSPS) is 18.4. The number of esters is 1. The molecule has 1 aliphatic heterocycles. The van der Waals surface area contributed by atoms with Crippen LogP contribution in [-0.2, 0) is 9.53 Å². The molecule has 0 aliphatic carbocycles. The predicted octanol–water partition coefficient (Wildman–Crippen LogP) is 0.993. The number of piperidine rings is 1. The molecule has 4 N–H and O–H groups in total. The standard InChI is InChI=1S/C14H19N3O3/c1-20-14(19)9-4-5-12(11(15)7-9)17-13(18)10-3-2-6-16-8-10/h4-5,7,10,16H,2-3,6,8,15H2,1H3,(H,17,18). The van der Waals surface area contributed by atoms with Crippen LogP contribution in [0.25, 0.3) is 0 Å². The monoisotopic (exact) mass is 277 g/mol. The number of hydrogen-bond donors (Lipinski definition) is 3. The molecule has 6 nitrogen and oxygen atoms in total. The molecule has 1 unspecified atom stereocenters. The molecular weight excluding hydrogens is 258 g/mol. The number of carbonyl (C=O) groups is 2. The lowest BCUT2D eigenvalue weighted by Gasteiger charge is -2.22. The number of carbonyl (C=O) groups excluding carboxylic acids is 2. The van der Waals surface area contributed by atoms with Crippen molar-refractivity contribution >= 4 is 23.3 Å². The topological polar surface area (TPSA) is 93.4 Å². The second-order valence-corrected chi connectivity index (χ2v) is 4.83. The summed E-state index contributed by atoms with van der Waals surface area (Å²) in [7, 11) is 1.31. The second-order valence-electron chi connectivity index (χ2n) is 4.83. The second kappa shape index (κ2) is 6.38. The Kier molecular flexibility index (Phi) is 4.57. The quantitative estimate of drug-likeness (QED) is 0.566. The van der Waals surface area contributed by atoms with Crippen molar-refractivity contribution in [2.24, 2.45) is 5.92 Å². The maximum Gasteiger partial charge on any atom is 0.337 e. The third kappa shape index (κ3) is 3.27. The Hall–Kier alpha value is -2.08. The lowest BCUT2D eigenvalue weighted by molar-refractivity contribution is -0.120. The molecule has 1 aromatic rings. The number of ether oxygens (including phenoxy) is 1. The number of hydrogen-bond acceptors (Lipinski definition) is 5. The lowest BCUT2D eigenvalue weighted by Crippen LogP contribution is -2.37. The number of methoxy groups -OCH3 is 1. The summed E-state index contributed by atoms with van der Waals surface area (Å²) in [6.45, 7) is 1.64. The van der Waals surface area contributed by atoms with E-state index in [1.54, 1.807) is 12.1 Å². The van der Waals surface area contributed by atoms with Crippen molar-refractivity contribution in [3.8, 4) is 0 Å². The number of benzene rings is 1. The van der Waals surface area contributed by atoms with E-state index in [0.717, 1.165) is 19.4 Å². The Bertz CT molecular complexity index is 510. The molecule has 108 valence electrons. The van der Waals surface area contributed by atoms with Crippen molar-refractivity contribution in [2.75, 3.05) is 31.2 Å². The Morgan fingerprint density at radius 1 is 1.45 bits per heavy atom. The van der Waals surface area contributed by atoms with Gasteiger partial charge in [0.1, 0.15) is 0 Å². The summed E-state index contributed by atoms with van der Waals surface area (Å²) >= 11 is 0. The summed E-state index contributed by atoms with van der Waals surface area (Å²) in [5.41, 5.74) is 7.09. The van der Waals surface area contributed by atoms with Gasteiger partial charge in [-0.25, -0.2) is 4.79 Å². The SMILES string of the molecule is COC(=O)c1ccc(NC(=O)C2CCCNC2)c(N)c1. The van der Waals surface area contributed by atoms with Crippen LogP contribution in [0, 0.1) is 5.92 Å². The van der Waals surface area contributed by atoms with Gasteiger partial charge in [0.2, 0.25) is 5.91 Å². The van der Waals surface area contributed by atoms with Gasteiger partial charge >= 0.3 is 5.97 Å². The highest BCUT2D eigenvalue weighted by Gasteiger charge is 2.21. The van der Waals surface area contributed by atoms with E-state index in [1.165, 1.54) is 13.2 Å². The van der Waals surface area contributed by atoms with E-state index >= 15 is 0 Å². The minimum Gasteiger partial charge on any atom is -0.465 e. The van der Waals surface area contributed by atoms with Crippen LogP contribution >= 0.6 is 0 Å². The van der Waals surface area contributed by atoms with Gasteiger partial charge in [-0.1, -0.05) is 0 Å². The van der Waals surface area contributed by atoms with Gasteiger partial charge in [-0.3, -0.25) is 4.79 Å². The smallest absolute Gasteiger partial charge is 0.337 e. The Morgan fingerprint density at radius 2 is 2.25 bits per heavy atom. The van der Waals surface area contributed by atoms with Crippen molar-refractivity contribution in [3.63, 3.8) is 0 Å². The fraction of sp³-hybridized carbons (Fsp3) is 0.429. The summed E-state index contributed by atoms with van der Waals surface area (Å²) in [5, 5.41) is 6.00. The highest BCUT2D eigenvalue weighted by Crippen LogP contribution is 2.22. The van der Waals surface area contributed by atoms with Gasteiger partial charge < -0.3 is 21.1 Å². The molecule has 0 radical (unpaired) electrons. The van der Waals surface area contributed by atoms with Gasteiger partial charge in [0.15, 0.2) is 0 Å². The molecule has 0 spiro atoms. The van der Waals surface area contributed by atoms with E-state index in [9.17, 15) is 9.59 Å². The molecule has 2 rings (SSSR count). The van der Waals surface area contributed by atoms with E-state index in [1.807, 2.05) is 0 Å². The number of rotatable bonds is 3. The molecule has 1 atom stereocenters. The molecule has 1 heterocycles. The Morgan fingerprint density at radius 3 is 2.85 bits per heavy atom. The summed E-state index contributed by atoms with van der Waals surface area (Å²) < 4.78 is 4.62. The Labute approximate surface area is 117 Å². The summed E-state index contributed by atoms with van der Waals surface area (Å²) in [6.07, 6.45) is 1.87. The number of amides is 1. The lowest BCUT2D eigenvalue weighted by atomic mass is 9.98. The highest BCUT2D eigenvalue weighted by molar-refractivity contribution is 5.97. The number of nitrogens with one attached hydrogen (secondary N) is 2. The van der Waals surface area contributed by atoms with Crippen LogP contribution in [0.4, 0.5) is 11.4 Å². The molecule has 1 fully saturated rings. The van der Waals surface area contributed by atoms with Crippen LogP contribution in [0.2, 0.25) is 0 Å². The predicted molar refractivity (Wildman–Crippen MR) is 76.4 cm³/mol. The van der Waals surface area contributed by atoms with E-state index in [2.05, 4.69) is 15.4 Å². The number of nitrogens with two attached hydrogens (primary N) is 1. The van der Waals surface area contributed by atoms with Crippen molar-refractivity contribution in [2.45, 2.75) is 12.8 Å². The third-order valence-electron chi connectivity index (χ3n) is 3.40. The summed E-state index contributed by atoms with van der Waals surface area (Å²) in [4.78, 5) is 23.5. The number of nitrogen functional groups attached to an aromatic ring is 1. The summed E-state index contributed by atoms with van der Waals surface area (Å²) in [5.74, 6) is -0.538. The average molecular weight is 277 g/mol. The molecule has 0 aromatic heterocycles. The zero-order valence-corrected chi connectivity index (χ0v) is 11.4. The third-order valence-corrected chi connectivity index (χ3v) is 3.40. The fourth-order valence-corrected chi connectivity index (χ4v) is 2.23. The van der Waals surface area contributed by atoms with Crippen LogP contribution < -0.4 is 16.4 Å². The molecule has 6 heteroatoms. The average Bonchev–Trinajstić information content (AvgIpc) is 2.49. The maximum absolute atomic E-state index is 12.1. The molecule has 0 bridgehead atoms. The van der Waals surface area contributed by atoms with E-state index in [4.69, 9.17) is 5.73 Å². The van der Waals surface area contributed by atoms with E-state index in [0.29, 0.717) is 23.5 Å². The largest absolute Gasteiger partial charge is 0.465 e. The van der Waals surface area contributed by atoms with Gasteiger partial charge in [0.25, 0.3) is 0 Å².